The quantitative estimate of drug-likeness (QED) is 0.860. The maximum atomic E-state index is 12.8. The van der Waals surface area contributed by atoms with Gasteiger partial charge in [-0.3, -0.25) is 9.89 Å². The molecule has 4 fully saturated rings. The van der Waals surface area contributed by atoms with Crippen LogP contribution in [-0.4, -0.2) is 66.0 Å². The summed E-state index contributed by atoms with van der Waals surface area (Å²) >= 11 is 0. The molecule has 27 heavy (non-hydrogen) atoms. The molecule has 0 aliphatic carbocycles. The number of nitrogens with one attached hydrogen (secondary N) is 2. The normalized spacial score (nSPS) is 28.4. The van der Waals surface area contributed by atoms with Crippen LogP contribution in [0.3, 0.4) is 0 Å². The minimum atomic E-state index is -0.0851. The van der Waals surface area contributed by atoms with Gasteiger partial charge in [-0.2, -0.15) is 5.10 Å². The summed E-state index contributed by atoms with van der Waals surface area (Å²) in [6.07, 6.45) is 4.37. The Morgan fingerprint density at radius 3 is 2.78 bits per heavy atom. The van der Waals surface area contributed by atoms with E-state index in [-0.39, 0.29) is 18.1 Å². The predicted molar refractivity (Wildman–Crippen MR) is 101 cm³/mol. The second kappa shape index (κ2) is 7.13. The molecule has 5 heterocycles. The molecule has 6 rings (SSSR count). The van der Waals surface area contributed by atoms with Gasteiger partial charge in [0.15, 0.2) is 5.69 Å². The zero-order valence-corrected chi connectivity index (χ0v) is 15.4. The number of aromatic nitrogens is 2. The van der Waals surface area contributed by atoms with Crippen molar-refractivity contribution in [1.29, 1.82) is 0 Å². The first-order valence-corrected chi connectivity index (χ1v) is 10.0. The topological polar surface area (TPSA) is 79.5 Å². The highest BCUT2D eigenvalue weighted by Gasteiger charge is 2.35. The maximum Gasteiger partial charge on any atom is 0.272 e. The number of hydrogen-bond donors (Lipinski definition) is 2. The van der Waals surface area contributed by atoms with Crippen molar-refractivity contribution < 1.29 is 14.3 Å². The molecule has 2 aromatic rings. The Bertz CT molecular complexity index is 822. The maximum absolute atomic E-state index is 12.8. The molecule has 144 valence electrons. The van der Waals surface area contributed by atoms with Crippen molar-refractivity contribution in [2.75, 3.05) is 32.8 Å². The van der Waals surface area contributed by atoms with E-state index in [1.165, 1.54) is 12.8 Å². The monoisotopic (exact) mass is 370 g/mol. The number of piperidine rings is 3. The van der Waals surface area contributed by atoms with Crippen LogP contribution >= 0.6 is 0 Å². The molecule has 1 aromatic carbocycles. The number of carbonyl (C=O) groups is 1. The number of carbonyl (C=O) groups excluding carboxylic acids is 1. The van der Waals surface area contributed by atoms with Crippen LogP contribution < -0.4 is 10.1 Å². The standard InChI is InChI=1S/C20H26N4O3/c25-20(21-18-12-24-7-3-13(18)4-8-24)19-16-2-1-15(11-17(16)22-23-19)27-14-5-9-26-10-6-14/h1-2,11,13-14,18H,3-10,12H2,(H,21,25)(H,22,23)/t18-/m1/s1. The van der Waals surface area contributed by atoms with Crippen molar-refractivity contribution in [2.45, 2.75) is 37.8 Å². The van der Waals surface area contributed by atoms with E-state index in [0.717, 1.165) is 62.3 Å². The zero-order valence-electron chi connectivity index (χ0n) is 15.4. The van der Waals surface area contributed by atoms with Crippen molar-refractivity contribution in [1.82, 2.24) is 20.4 Å². The smallest absolute Gasteiger partial charge is 0.272 e. The van der Waals surface area contributed by atoms with Gasteiger partial charge < -0.3 is 19.7 Å². The largest absolute Gasteiger partial charge is 0.490 e. The summed E-state index contributed by atoms with van der Waals surface area (Å²) in [5.74, 6) is 1.32. The summed E-state index contributed by atoms with van der Waals surface area (Å²) in [5, 5.41) is 11.3. The van der Waals surface area contributed by atoms with Crippen molar-refractivity contribution in [3.8, 4) is 5.75 Å². The van der Waals surface area contributed by atoms with E-state index in [9.17, 15) is 4.79 Å². The lowest BCUT2D eigenvalue weighted by atomic mass is 9.84. The highest BCUT2D eigenvalue weighted by molar-refractivity contribution is 6.05. The van der Waals surface area contributed by atoms with Crippen molar-refractivity contribution >= 4 is 16.8 Å². The fourth-order valence-corrected chi connectivity index (χ4v) is 4.60. The summed E-state index contributed by atoms with van der Waals surface area (Å²) in [4.78, 5) is 15.2. The molecule has 2 N–H and O–H groups in total. The first-order chi connectivity index (χ1) is 13.3. The van der Waals surface area contributed by atoms with E-state index < -0.39 is 0 Å². The third kappa shape index (κ3) is 3.41. The van der Waals surface area contributed by atoms with E-state index >= 15 is 0 Å². The van der Waals surface area contributed by atoms with Crippen LogP contribution in [0.15, 0.2) is 18.2 Å². The molecule has 0 saturated carbocycles. The Morgan fingerprint density at radius 1 is 1.22 bits per heavy atom. The van der Waals surface area contributed by atoms with Crippen LogP contribution in [-0.2, 0) is 4.74 Å². The summed E-state index contributed by atoms with van der Waals surface area (Å²) in [6.45, 7) is 4.79. The van der Waals surface area contributed by atoms with Crippen LogP contribution in [0.2, 0.25) is 0 Å². The average Bonchev–Trinajstić information content (AvgIpc) is 3.13. The molecule has 0 spiro atoms. The van der Waals surface area contributed by atoms with Gasteiger partial charge in [-0.1, -0.05) is 0 Å². The first-order valence-electron chi connectivity index (χ1n) is 10.0. The van der Waals surface area contributed by atoms with Crippen molar-refractivity contribution in [2.24, 2.45) is 5.92 Å². The number of benzene rings is 1. The Hall–Kier alpha value is -2.12. The van der Waals surface area contributed by atoms with E-state index in [0.29, 0.717) is 11.6 Å². The van der Waals surface area contributed by atoms with Crippen LogP contribution in [0, 0.1) is 5.92 Å². The SMILES string of the molecule is O=C(N[C@@H]1CN2CCC1CC2)c1n[nH]c2cc(OC3CCOCC3)ccc12. The average molecular weight is 370 g/mol. The van der Waals surface area contributed by atoms with Gasteiger partial charge in [-0.15, -0.1) is 0 Å². The predicted octanol–water partition coefficient (Wildman–Crippen LogP) is 1.94. The molecule has 1 amide bonds. The fourth-order valence-electron chi connectivity index (χ4n) is 4.60. The van der Waals surface area contributed by atoms with Crippen LogP contribution in [0.1, 0.15) is 36.2 Å². The van der Waals surface area contributed by atoms with Gasteiger partial charge in [0.05, 0.1) is 18.7 Å². The number of hydrogen-bond acceptors (Lipinski definition) is 5. The van der Waals surface area contributed by atoms with Gasteiger partial charge in [0.2, 0.25) is 0 Å². The van der Waals surface area contributed by atoms with E-state index in [2.05, 4.69) is 20.4 Å². The molecule has 7 nitrogen and oxygen atoms in total. The van der Waals surface area contributed by atoms with Crippen LogP contribution in [0.5, 0.6) is 5.75 Å². The van der Waals surface area contributed by atoms with Gasteiger partial charge in [-0.25, -0.2) is 0 Å². The van der Waals surface area contributed by atoms with E-state index in [4.69, 9.17) is 9.47 Å². The Kier molecular flexibility index (Phi) is 4.49. The minimum Gasteiger partial charge on any atom is -0.490 e. The third-order valence-electron chi connectivity index (χ3n) is 6.19. The second-order valence-electron chi connectivity index (χ2n) is 7.93. The van der Waals surface area contributed by atoms with Gasteiger partial charge >= 0.3 is 0 Å². The Labute approximate surface area is 158 Å². The lowest BCUT2D eigenvalue weighted by Gasteiger charge is -2.44. The molecule has 0 unspecified atom stereocenters. The van der Waals surface area contributed by atoms with E-state index in [1.54, 1.807) is 0 Å². The summed E-state index contributed by atoms with van der Waals surface area (Å²) in [7, 11) is 0. The minimum absolute atomic E-state index is 0.0851. The van der Waals surface area contributed by atoms with Crippen LogP contribution in [0.4, 0.5) is 0 Å². The molecule has 1 aromatic heterocycles. The molecule has 1 atom stereocenters. The Morgan fingerprint density at radius 2 is 2.04 bits per heavy atom. The van der Waals surface area contributed by atoms with E-state index in [1.807, 2.05) is 18.2 Å². The van der Waals surface area contributed by atoms with Gasteiger partial charge in [-0.05, 0) is 44.0 Å². The molecule has 0 radical (unpaired) electrons. The van der Waals surface area contributed by atoms with Gasteiger partial charge in [0.25, 0.3) is 5.91 Å². The van der Waals surface area contributed by atoms with Gasteiger partial charge in [0, 0.05) is 36.9 Å². The lowest BCUT2D eigenvalue weighted by Crippen LogP contribution is -2.57. The second-order valence-corrected chi connectivity index (χ2v) is 7.93. The van der Waals surface area contributed by atoms with Crippen molar-refractivity contribution in [3.05, 3.63) is 23.9 Å². The number of amides is 1. The molecule has 4 saturated heterocycles. The number of fused-ring (bicyclic) bond motifs is 4. The van der Waals surface area contributed by atoms with Gasteiger partial charge in [0.1, 0.15) is 11.9 Å². The van der Waals surface area contributed by atoms with Crippen molar-refractivity contribution in [3.63, 3.8) is 0 Å². The summed E-state index contributed by atoms with van der Waals surface area (Å²) in [6, 6.07) is 6.03. The fraction of sp³-hybridized carbons (Fsp3) is 0.600. The number of ether oxygens (including phenoxy) is 2. The number of nitrogens with zero attached hydrogens (tertiary/aromatic N) is 2. The molecular weight excluding hydrogens is 344 g/mol. The third-order valence-corrected chi connectivity index (χ3v) is 6.19. The number of H-pyrrole nitrogens is 1. The molecular formula is C20H26N4O3. The first kappa shape index (κ1) is 17.0. The highest BCUT2D eigenvalue weighted by atomic mass is 16.5. The summed E-state index contributed by atoms with van der Waals surface area (Å²) < 4.78 is 11.4. The zero-order chi connectivity index (χ0) is 18.2. The lowest BCUT2D eigenvalue weighted by molar-refractivity contribution is 0.0256. The highest BCUT2D eigenvalue weighted by Crippen LogP contribution is 2.28. The molecule has 4 aliphatic heterocycles. The molecule has 2 bridgehead atoms. The van der Waals surface area contributed by atoms with Crippen LogP contribution in [0.25, 0.3) is 10.9 Å². The molecule has 4 aliphatic rings. The summed E-state index contributed by atoms with van der Waals surface area (Å²) in [5.41, 5.74) is 1.30. The number of rotatable bonds is 4. The number of aromatic amines is 1. The Balaban J connectivity index is 1.29. The molecule has 7 heteroatoms.